The summed E-state index contributed by atoms with van der Waals surface area (Å²) in [6.45, 7) is -0.800. The van der Waals surface area contributed by atoms with Gasteiger partial charge in [-0.2, -0.15) is 13.9 Å². The number of hydrogen-bond donors (Lipinski definition) is 0. The number of aromatic nitrogens is 2. The highest BCUT2D eigenvalue weighted by Crippen LogP contribution is 2.34. The number of benzene rings is 2. The van der Waals surface area contributed by atoms with Gasteiger partial charge in [0, 0.05) is 5.56 Å². The Bertz CT molecular complexity index is 863. The van der Waals surface area contributed by atoms with Crippen molar-refractivity contribution in [3.8, 4) is 34.2 Å². The van der Waals surface area contributed by atoms with Crippen LogP contribution in [0.25, 0.3) is 16.9 Å². The van der Waals surface area contributed by atoms with Crippen LogP contribution in [0.3, 0.4) is 0 Å². The van der Waals surface area contributed by atoms with Gasteiger partial charge in [-0.15, -0.1) is 0 Å². The van der Waals surface area contributed by atoms with Crippen LogP contribution in [0.4, 0.5) is 8.78 Å². The second-order valence-electron chi connectivity index (χ2n) is 5.30. The average molecular weight is 360 g/mol. The molecule has 0 aliphatic rings. The highest BCUT2D eigenvalue weighted by molar-refractivity contribution is 5.66. The van der Waals surface area contributed by atoms with Crippen molar-refractivity contribution in [1.29, 1.82) is 0 Å². The molecule has 7 heteroatoms. The lowest BCUT2D eigenvalue weighted by Crippen LogP contribution is -2.05. The smallest absolute Gasteiger partial charge is 0.387 e. The Labute approximate surface area is 149 Å². The first-order valence-electron chi connectivity index (χ1n) is 8.03. The molecule has 0 bridgehead atoms. The van der Waals surface area contributed by atoms with E-state index in [4.69, 9.17) is 9.47 Å². The van der Waals surface area contributed by atoms with Gasteiger partial charge in [0.2, 0.25) is 0 Å². The summed E-state index contributed by atoms with van der Waals surface area (Å²) in [5.74, 6) is 1.00. The number of hydrogen-bond acceptors (Lipinski definition) is 4. The molecule has 0 fully saturated rings. The number of ether oxygens (including phenoxy) is 3. The van der Waals surface area contributed by atoms with E-state index in [1.165, 1.54) is 6.07 Å². The van der Waals surface area contributed by atoms with Gasteiger partial charge in [-0.3, -0.25) is 0 Å². The van der Waals surface area contributed by atoms with E-state index in [1.54, 1.807) is 37.0 Å². The van der Waals surface area contributed by atoms with Gasteiger partial charge >= 0.3 is 6.61 Å². The molecular weight excluding hydrogens is 342 g/mol. The first-order chi connectivity index (χ1) is 12.6. The zero-order chi connectivity index (χ0) is 18.5. The van der Waals surface area contributed by atoms with Gasteiger partial charge in [0.1, 0.15) is 5.75 Å². The maximum Gasteiger partial charge on any atom is 0.387 e. The molecule has 0 saturated heterocycles. The molecule has 0 N–H and O–H groups in total. The van der Waals surface area contributed by atoms with E-state index in [0.29, 0.717) is 6.61 Å². The second kappa shape index (κ2) is 7.86. The quantitative estimate of drug-likeness (QED) is 0.620. The number of methoxy groups -OCH3 is 1. The monoisotopic (exact) mass is 360 g/mol. The van der Waals surface area contributed by atoms with Crippen molar-refractivity contribution in [2.24, 2.45) is 0 Å². The summed E-state index contributed by atoms with van der Waals surface area (Å²) in [6, 6.07) is 14.1. The highest BCUT2D eigenvalue weighted by Gasteiger charge is 2.14. The van der Waals surface area contributed by atoms with Crippen molar-refractivity contribution >= 4 is 0 Å². The fraction of sp³-hybridized carbons (Fsp3) is 0.211. The van der Waals surface area contributed by atoms with E-state index in [1.807, 2.05) is 30.3 Å². The normalized spacial score (nSPS) is 10.8. The van der Waals surface area contributed by atoms with E-state index in [-0.39, 0.29) is 11.5 Å². The number of nitrogens with zero attached hydrogens (tertiary/aromatic N) is 2. The van der Waals surface area contributed by atoms with Crippen molar-refractivity contribution in [1.82, 2.24) is 9.78 Å². The average Bonchev–Trinajstić information content (AvgIpc) is 3.13. The van der Waals surface area contributed by atoms with Crippen molar-refractivity contribution in [3.05, 3.63) is 54.7 Å². The van der Waals surface area contributed by atoms with Crippen LogP contribution < -0.4 is 14.2 Å². The largest absolute Gasteiger partial charge is 0.497 e. The molecule has 5 nitrogen and oxygen atoms in total. The van der Waals surface area contributed by atoms with Gasteiger partial charge in [0.25, 0.3) is 0 Å². The van der Waals surface area contributed by atoms with E-state index < -0.39 is 6.61 Å². The molecule has 1 heterocycles. The Morgan fingerprint density at radius 1 is 1.04 bits per heavy atom. The lowest BCUT2D eigenvalue weighted by Gasteiger charge is -2.14. The first-order valence-corrected chi connectivity index (χ1v) is 8.03. The maximum absolute atomic E-state index is 12.6. The molecule has 0 saturated carbocycles. The minimum Gasteiger partial charge on any atom is -0.497 e. The molecule has 3 aromatic rings. The first kappa shape index (κ1) is 17.7. The maximum atomic E-state index is 12.6. The van der Waals surface area contributed by atoms with E-state index >= 15 is 0 Å². The molecule has 0 aliphatic carbocycles. The van der Waals surface area contributed by atoms with Crippen molar-refractivity contribution in [2.75, 3.05) is 13.7 Å². The molecule has 0 unspecified atom stereocenters. The van der Waals surface area contributed by atoms with Gasteiger partial charge < -0.3 is 14.2 Å². The SMILES string of the molecule is CCOc1cc(-c2ccnn2-c2ccc(OC)cc2)ccc1OC(F)F. The molecule has 3 rings (SSSR count). The van der Waals surface area contributed by atoms with Crippen molar-refractivity contribution < 1.29 is 23.0 Å². The Morgan fingerprint density at radius 2 is 1.81 bits per heavy atom. The Kier molecular flexibility index (Phi) is 5.36. The summed E-state index contributed by atoms with van der Waals surface area (Å²) in [7, 11) is 1.60. The van der Waals surface area contributed by atoms with Crippen LogP contribution in [-0.4, -0.2) is 30.1 Å². The molecular formula is C19H18F2N2O3. The number of alkyl halides is 2. The summed E-state index contributed by atoms with van der Waals surface area (Å²) < 4.78 is 42.0. The van der Waals surface area contributed by atoms with Gasteiger partial charge in [-0.25, -0.2) is 4.68 Å². The summed E-state index contributed by atoms with van der Waals surface area (Å²) >= 11 is 0. The van der Waals surface area contributed by atoms with Crippen LogP contribution in [0, 0.1) is 0 Å². The molecule has 2 aromatic carbocycles. The Morgan fingerprint density at radius 3 is 2.46 bits per heavy atom. The minimum absolute atomic E-state index is 0.00103. The van der Waals surface area contributed by atoms with Crippen LogP contribution in [-0.2, 0) is 0 Å². The Balaban J connectivity index is 1.99. The molecule has 0 atom stereocenters. The Hall–Kier alpha value is -3.09. The van der Waals surface area contributed by atoms with Gasteiger partial charge in [0.05, 0.1) is 31.3 Å². The standard InChI is InChI=1S/C19H18F2N2O3/c1-3-25-18-12-13(4-9-17(18)26-19(20)21)16-10-11-22-23(16)14-5-7-15(24-2)8-6-14/h4-12,19H,3H2,1-2H3. The molecule has 136 valence electrons. The molecule has 0 amide bonds. The molecule has 0 aliphatic heterocycles. The van der Waals surface area contributed by atoms with Crippen molar-refractivity contribution in [2.45, 2.75) is 13.5 Å². The van der Waals surface area contributed by atoms with Crippen LogP contribution >= 0.6 is 0 Å². The summed E-state index contributed by atoms with van der Waals surface area (Å²) in [5.41, 5.74) is 2.40. The van der Waals surface area contributed by atoms with E-state index in [9.17, 15) is 8.78 Å². The molecule has 0 spiro atoms. The topological polar surface area (TPSA) is 45.5 Å². The fourth-order valence-corrected chi connectivity index (χ4v) is 2.58. The van der Waals surface area contributed by atoms with E-state index in [0.717, 1.165) is 22.7 Å². The highest BCUT2D eigenvalue weighted by atomic mass is 19.3. The van der Waals surface area contributed by atoms with Gasteiger partial charge in [-0.1, -0.05) is 0 Å². The zero-order valence-corrected chi connectivity index (χ0v) is 14.4. The summed E-state index contributed by atoms with van der Waals surface area (Å²) in [4.78, 5) is 0. The molecule has 26 heavy (non-hydrogen) atoms. The number of halogens is 2. The van der Waals surface area contributed by atoms with Crippen LogP contribution in [0.1, 0.15) is 6.92 Å². The third-order valence-electron chi connectivity index (χ3n) is 3.72. The van der Waals surface area contributed by atoms with Crippen LogP contribution in [0.5, 0.6) is 17.2 Å². The predicted molar refractivity (Wildman–Crippen MR) is 93.4 cm³/mol. The summed E-state index contributed by atoms with van der Waals surface area (Å²) in [5, 5.41) is 4.35. The second-order valence-corrected chi connectivity index (χ2v) is 5.30. The number of rotatable bonds is 7. The molecule has 1 aromatic heterocycles. The van der Waals surface area contributed by atoms with Gasteiger partial charge in [-0.05, 0) is 55.5 Å². The third-order valence-corrected chi connectivity index (χ3v) is 3.72. The van der Waals surface area contributed by atoms with Gasteiger partial charge in [0.15, 0.2) is 11.5 Å². The lowest BCUT2D eigenvalue weighted by atomic mass is 10.1. The lowest BCUT2D eigenvalue weighted by molar-refractivity contribution is -0.0514. The third kappa shape index (κ3) is 3.77. The summed E-state index contributed by atoms with van der Waals surface area (Å²) in [6.07, 6.45) is 1.67. The predicted octanol–water partition coefficient (Wildman–Crippen LogP) is 4.55. The van der Waals surface area contributed by atoms with E-state index in [2.05, 4.69) is 9.84 Å². The van der Waals surface area contributed by atoms with Crippen LogP contribution in [0.2, 0.25) is 0 Å². The fourth-order valence-electron chi connectivity index (χ4n) is 2.58. The minimum atomic E-state index is -2.91. The zero-order valence-electron chi connectivity index (χ0n) is 14.4. The van der Waals surface area contributed by atoms with Crippen molar-refractivity contribution in [3.63, 3.8) is 0 Å². The molecule has 0 radical (unpaired) electrons. The van der Waals surface area contributed by atoms with Crippen LogP contribution in [0.15, 0.2) is 54.7 Å².